The van der Waals surface area contributed by atoms with E-state index in [4.69, 9.17) is 18.9 Å². The van der Waals surface area contributed by atoms with Crippen LogP contribution in [0.25, 0.3) is 0 Å². The van der Waals surface area contributed by atoms with E-state index in [0.29, 0.717) is 35.9 Å². The van der Waals surface area contributed by atoms with Gasteiger partial charge < -0.3 is 81.5 Å². The summed E-state index contributed by atoms with van der Waals surface area (Å²) in [6.07, 6.45) is 7.31. The normalized spacial score (nSPS) is 10.6. The molecule has 494 valence electrons. The first-order valence-corrected chi connectivity index (χ1v) is 29.4. The second-order valence-corrected chi connectivity index (χ2v) is 18.8. The Morgan fingerprint density at radius 2 is 0.614 bits per heavy atom. The van der Waals surface area contributed by atoms with E-state index < -0.39 is 0 Å². The van der Waals surface area contributed by atoms with Crippen LogP contribution in [0, 0.1) is 0 Å². The van der Waals surface area contributed by atoms with Crippen LogP contribution < -0.4 is 47.6 Å². The predicted molar refractivity (Wildman–Crippen MR) is 314 cm³/mol. The maximum absolute atomic E-state index is 13.1. The second kappa shape index (κ2) is 50.7. The molecule has 0 spiro atoms. The number of amides is 8. The number of nitrogens with one attached hydrogen (secondary N) is 8. The van der Waals surface area contributed by atoms with Gasteiger partial charge in [-0.25, -0.2) is 0 Å². The smallest absolute Gasteiger partial charge is 0.222 e. The molecule has 4 heterocycles. The molecule has 0 aliphatic heterocycles. The van der Waals surface area contributed by atoms with Gasteiger partial charge in [-0.1, -0.05) is 49.5 Å². The Balaban J connectivity index is 0.00000758. The van der Waals surface area contributed by atoms with E-state index in [9.17, 15) is 38.4 Å². The van der Waals surface area contributed by atoms with Crippen molar-refractivity contribution < 1.29 is 78.4 Å². The Hall–Kier alpha value is -7.23. The number of aromatic nitrogens is 12. The first kappa shape index (κ1) is 78.8. The molecule has 0 atom stereocenters. The van der Waals surface area contributed by atoms with Crippen molar-refractivity contribution >= 4 is 47.3 Å². The topological polar surface area (TPSA) is 408 Å². The summed E-state index contributed by atoms with van der Waals surface area (Å²) in [6.45, 7) is 12.7. The van der Waals surface area contributed by atoms with E-state index in [1.165, 1.54) is 6.20 Å². The zero-order valence-electron chi connectivity index (χ0n) is 52.1. The van der Waals surface area contributed by atoms with Gasteiger partial charge in [0.15, 0.2) is 0 Å². The maximum atomic E-state index is 13.1. The zero-order chi connectivity index (χ0) is 63.7. The number of carbonyl (C=O) groups excluding carboxylic acids is 8. The molecule has 0 radical (unpaired) electrons. The third-order valence-corrected chi connectivity index (χ3v) is 11.7. The molecule has 4 aromatic rings. The third-order valence-electron chi connectivity index (χ3n) is 11.7. The molecule has 4 rings (SSSR count). The van der Waals surface area contributed by atoms with Gasteiger partial charge in [0.2, 0.25) is 47.3 Å². The molecule has 0 aliphatic carbocycles. The predicted octanol–water partition coefficient (Wildman–Crippen LogP) is -3.31. The maximum Gasteiger partial charge on any atom is 0.222 e. The number of rotatable bonds is 47. The van der Waals surface area contributed by atoms with Gasteiger partial charge in [-0.3, -0.25) is 57.6 Å². The van der Waals surface area contributed by atoms with E-state index in [-0.39, 0.29) is 251 Å². The van der Waals surface area contributed by atoms with Crippen molar-refractivity contribution in [3.63, 3.8) is 0 Å². The van der Waals surface area contributed by atoms with Crippen LogP contribution in [0.15, 0.2) is 24.8 Å². The van der Waals surface area contributed by atoms with Gasteiger partial charge in [0, 0.05) is 185 Å². The van der Waals surface area contributed by atoms with Crippen molar-refractivity contribution in [1.82, 2.24) is 113 Å². The van der Waals surface area contributed by atoms with Gasteiger partial charge in [-0.2, -0.15) is 0 Å². The van der Waals surface area contributed by atoms with Crippen LogP contribution in [-0.2, 0) is 126 Å². The van der Waals surface area contributed by atoms with E-state index in [0.717, 1.165) is 0 Å². The number of nitrogens with zero attached hydrogens (tertiary/aromatic N) is 14. The van der Waals surface area contributed by atoms with Gasteiger partial charge in [-0.05, 0) is 5.69 Å². The van der Waals surface area contributed by atoms with Crippen LogP contribution in [0.4, 0.5) is 0 Å². The Morgan fingerprint density at radius 3 is 0.830 bits per heavy atom. The molecule has 8 N–H and O–H groups in total. The van der Waals surface area contributed by atoms with Crippen molar-refractivity contribution in [2.45, 2.75) is 105 Å². The fourth-order valence-electron chi connectivity index (χ4n) is 7.33. The summed E-state index contributed by atoms with van der Waals surface area (Å²) in [5.74, 6) is -2.13. The van der Waals surface area contributed by atoms with Crippen molar-refractivity contribution in [3.05, 3.63) is 47.6 Å². The van der Waals surface area contributed by atoms with Gasteiger partial charge in [-0.15, -0.1) is 15.3 Å². The van der Waals surface area contributed by atoms with E-state index in [1.54, 1.807) is 53.8 Å². The van der Waals surface area contributed by atoms with Gasteiger partial charge in [0.1, 0.15) is 17.1 Å². The SMILES string of the molecule is CC.CC.Cn1cc(COCCC(=O)NCCNC(=O)CCN(CCC(=O)NCCNC(=O)CCOCc2c[n-]nn2)CCN(CCC(=O)NCCNC(=O)CCOCc2cn(C)nn2)CCC(=O)NCCNC(=O)CCOCc2cn(C)nn2)nn1.[W]. The van der Waals surface area contributed by atoms with Crippen LogP contribution in [0.3, 0.4) is 0 Å². The minimum absolute atomic E-state index is 0. The summed E-state index contributed by atoms with van der Waals surface area (Å²) in [5, 5.41) is 56.4. The molecule has 88 heavy (non-hydrogen) atoms. The molecular formula is C53H93N22O12W-. The minimum Gasteiger partial charge on any atom is -0.377 e. The number of hydrogen-bond acceptors (Lipinski definition) is 22. The second-order valence-electron chi connectivity index (χ2n) is 18.8. The molecule has 35 heteroatoms. The van der Waals surface area contributed by atoms with Crippen molar-refractivity contribution in [3.8, 4) is 0 Å². The molecular weight excluding hydrogens is 1320 g/mol. The average Bonchev–Trinajstić information content (AvgIpc) is 4.41. The first-order valence-electron chi connectivity index (χ1n) is 29.4. The summed E-state index contributed by atoms with van der Waals surface area (Å²) in [7, 11) is 5.22. The van der Waals surface area contributed by atoms with E-state index >= 15 is 0 Å². The van der Waals surface area contributed by atoms with Crippen molar-refractivity contribution in [1.29, 1.82) is 0 Å². The molecule has 0 fully saturated rings. The average molecular weight is 1410 g/mol. The zero-order valence-corrected chi connectivity index (χ0v) is 55.0. The summed E-state index contributed by atoms with van der Waals surface area (Å²) in [6, 6.07) is 0. The minimum atomic E-state index is -0.285. The van der Waals surface area contributed by atoms with Crippen molar-refractivity contribution in [2.75, 3.05) is 118 Å². The number of carbonyl (C=O) groups is 8. The molecule has 0 aliphatic rings. The number of hydrogen-bond donors (Lipinski definition) is 8. The first-order chi connectivity index (χ1) is 42.2. The standard InChI is InChI=1S/C49H82N22O12.2C2H6.W/c1-67-31-39(60-64-67)35-81-27-9-47(77)55-17-13-51-43(73)5-21-70(20-4-42(72)50-12-16-54-46(76)8-26-80-34-38-30-58-63-59-38)24-25-71(22-6-44(74)52-14-18-56-48(78)10-28-82-36-40-32-68(2)65-61-40)23-7-45(75)53-15-19-57-49(79)11-29-83-37-41-33-69(3)66-62-41;2*1-2;/h30-33H,4-29,34-37H2,1-3H3,(H9,50,51,52,53,54,55,56,57,58,59,63,72,73,74,75,76,77,78,79);2*1-2H3;/p-1. The monoisotopic (exact) mass is 1410 g/mol. The van der Waals surface area contributed by atoms with E-state index in [1.807, 2.05) is 37.5 Å². The fourth-order valence-corrected chi connectivity index (χ4v) is 7.33. The quantitative estimate of drug-likeness (QED) is 0.0201. The Morgan fingerprint density at radius 1 is 0.375 bits per heavy atom. The van der Waals surface area contributed by atoms with Gasteiger partial charge in [0.05, 0.1) is 71.4 Å². The fraction of sp³-hybridized carbons (Fsp3) is 0.698. The molecule has 0 saturated heterocycles. The molecule has 0 aromatic carbocycles. The van der Waals surface area contributed by atoms with Crippen LogP contribution in [0.1, 0.15) is 102 Å². The van der Waals surface area contributed by atoms with Crippen LogP contribution in [0.2, 0.25) is 0 Å². The molecule has 0 bridgehead atoms. The van der Waals surface area contributed by atoms with Crippen LogP contribution in [-0.4, -0.2) is 230 Å². The Kier molecular flexibility index (Phi) is 45.4. The Labute approximate surface area is 528 Å². The summed E-state index contributed by atoms with van der Waals surface area (Å²) < 4.78 is 26.6. The molecule has 4 aromatic heterocycles. The molecule has 0 unspecified atom stereocenters. The number of ether oxygens (including phenoxy) is 4. The molecule has 34 nitrogen and oxygen atoms in total. The molecule has 8 amide bonds. The summed E-state index contributed by atoms with van der Waals surface area (Å²) >= 11 is 0. The van der Waals surface area contributed by atoms with Crippen LogP contribution in [0.5, 0.6) is 0 Å². The van der Waals surface area contributed by atoms with Gasteiger partial charge >= 0.3 is 0 Å². The summed E-state index contributed by atoms with van der Waals surface area (Å²) in [5.41, 5.74) is 2.48. The third kappa shape index (κ3) is 41.0. The molecule has 0 saturated carbocycles. The van der Waals surface area contributed by atoms with E-state index in [2.05, 4.69) is 88.9 Å². The summed E-state index contributed by atoms with van der Waals surface area (Å²) in [4.78, 5) is 105. The number of aryl methyl sites for hydroxylation is 3. The Bertz CT molecular complexity index is 2450. The largest absolute Gasteiger partial charge is 0.377 e. The van der Waals surface area contributed by atoms with Crippen LogP contribution >= 0.6 is 0 Å². The van der Waals surface area contributed by atoms with Gasteiger partial charge in [0.25, 0.3) is 0 Å². The van der Waals surface area contributed by atoms with Crippen molar-refractivity contribution in [2.24, 2.45) is 21.1 Å².